The first-order valence-electron chi connectivity index (χ1n) is 6.11. The lowest BCUT2D eigenvalue weighted by atomic mass is 10.3. The van der Waals surface area contributed by atoms with E-state index in [1.54, 1.807) is 12.4 Å². The van der Waals surface area contributed by atoms with Gasteiger partial charge in [0.25, 0.3) is 0 Å². The molecule has 1 aliphatic carbocycles. The van der Waals surface area contributed by atoms with E-state index in [2.05, 4.69) is 27.1 Å². The molecule has 2 heterocycles. The Hall–Kier alpha value is -1.60. The molecule has 2 fully saturated rings. The van der Waals surface area contributed by atoms with Gasteiger partial charge in [0.2, 0.25) is 5.88 Å². The fourth-order valence-electron chi connectivity index (χ4n) is 1.77. The second-order valence-electron chi connectivity index (χ2n) is 4.52. The molecule has 0 radical (unpaired) electrons. The third kappa shape index (κ3) is 2.95. The van der Waals surface area contributed by atoms with Crippen LogP contribution < -0.4 is 10.1 Å². The molecule has 1 N–H and O–H groups in total. The maximum atomic E-state index is 5.73. The van der Waals surface area contributed by atoms with E-state index in [4.69, 9.17) is 4.74 Å². The highest BCUT2D eigenvalue weighted by atomic mass is 16.5. The largest absolute Gasteiger partial charge is 0.472 e. The highest BCUT2D eigenvalue weighted by Gasteiger charge is 2.18. The Morgan fingerprint density at radius 3 is 3.00 bits per heavy atom. The molecule has 1 aliphatic heterocycles. The lowest BCUT2D eigenvalue weighted by Gasteiger charge is -2.10. The minimum Gasteiger partial charge on any atom is -0.472 e. The summed E-state index contributed by atoms with van der Waals surface area (Å²) in [5.41, 5.74) is 0.709. The smallest absolute Gasteiger partial charge is 0.233 e. The zero-order chi connectivity index (χ0) is 11.5. The summed E-state index contributed by atoms with van der Waals surface area (Å²) in [7, 11) is 0. The predicted molar refractivity (Wildman–Crippen MR) is 63.5 cm³/mol. The standard InChI is InChI=1S/C13H15N3O/c1-2-10(1)3-4-11-7-15-9-13(16-11)17-12-5-6-14-8-12/h7,9-10,12,14H,1-2,5-6,8H2. The number of aromatic nitrogens is 2. The van der Waals surface area contributed by atoms with E-state index in [1.807, 2.05) is 0 Å². The maximum absolute atomic E-state index is 5.73. The van der Waals surface area contributed by atoms with Crippen LogP contribution in [0.15, 0.2) is 12.4 Å². The normalized spacial score (nSPS) is 22.9. The van der Waals surface area contributed by atoms with Crippen molar-refractivity contribution < 1.29 is 4.74 Å². The van der Waals surface area contributed by atoms with Crippen molar-refractivity contribution in [3.8, 4) is 17.7 Å². The molecule has 1 saturated carbocycles. The Balaban J connectivity index is 1.67. The van der Waals surface area contributed by atoms with Crippen molar-refractivity contribution >= 4 is 0 Å². The Kier molecular flexibility index (Phi) is 2.93. The van der Waals surface area contributed by atoms with Crippen LogP contribution in [0.3, 0.4) is 0 Å². The number of nitrogens with one attached hydrogen (secondary N) is 1. The Labute approximate surface area is 101 Å². The summed E-state index contributed by atoms with van der Waals surface area (Å²) < 4.78 is 5.73. The fraction of sp³-hybridized carbons (Fsp3) is 0.538. The molecule has 1 aromatic heterocycles. The van der Waals surface area contributed by atoms with Gasteiger partial charge in [-0.3, -0.25) is 4.98 Å². The van der Waals surface area contributed by atoms with Gasteiger partial charge in [0.15, 0.2) is 0 Å². The zero-order valence-electron chi connectivity index (χ0n) is 9.65. The molecule has 88 valence electrons. The lowest BCUT2D eigenvalue weighted by Crippen LogP contribution is -2.20. The molecule has 3 rings (SSSR count). The minimum atomic E-state index is 0.218. The van der Waals surface area contributed by atoms with E-state index in [-0.39, 0.29) is 6.10 Å². The van der Waals surface area contributed by atoms with Crippen molar-refractivity contribution in [1.82, 2.24) is 15.3 Å². The Morgan fingerprint density at radius 1 is 1.29 bits per heavy atom. The summed E-state index contributed by atoms with van der Waals surface area (Å²) in [5, 5.41) is 3.25. The number of hydrogen-bond donors (Lipinski definition) is 1. The average molecular weight is 229 g/mol. The quantitative estimate of drug-likeness (QED) is 0.768. The number of nitrogens with zero attached hydrogens (tertiary/aromatic N) is 2. The van der Waals surface area contributed by atoms with Crippen LogP contribution in [0.1, 0.15) is 25.0 Å². The topological polar surface area (TPSA) is 47.0 Å². The van der Waals surface area contributed by atoms with E-state index in [0.717, 1.165) is 19.5 Å². The van der Waals surface area contributed by atoms with Gasteiger partial charge in [0.1, 0.15) is 11.8 Å². The molecular weight excluding hydrogens is 214 g/mol. The fourth-order valence-corrected chi connectivity index (χ4v) is 1.77. The van der Waals surface area contributed by atoms with E-state index in [1.165, 1.54) is 12.8 Å². The van der Waals surface area contributed by atoms with Crippen molar-refractivity contribution in [3.63, 3.8) is 0 Å². The van der Waals surface area contributed by atoms with Gasteiger partial charge >= 0.3 is 0 Å². The molecule has 0 aromatic carbocycles. The van der Waals surface area contributed by atoms with Crippen LogP contribution >= 0.6 is 0 Å². The van der Waals surface area contributed by atoms with E-state index in [0.29, 0.717) is 17.5 Å². The second-order valence-corrected chi connectivity index (χ2v) is 4.52. The molecule has 17 heavy (non-hydrogen) atoms. The van der Waals surface area contributed by atoms with Gasteiger partial charge in [-0.05, 0) is 31.7 Å². The summed E-state index contributed by atoms with van der Waals surface area (Å²) in [6.45, 7) is 1.90. The molecule has 1 unspecified atom stereocenters. The van der Waals surface area contributed by atoms with Crippen molar-refractivity contribution in [2.75, 3.05) is 13.1 Å². The summed E-state index contributed by atoms with van der Waals surface area (Å²) in [6, 6.07) is 0. The number of ether oxygens (including phenoxy) is 1. The van der Waals surface area contributed by atoms with Gasteiger partial charge in [-0.1, -0.05) is 5.92 Å². The molecular formula is C13H15N3O. The van der Waals surface area contributed by atoms with Gasteiger partial charge < -0.3 is 10.1 Å². The molecule has 1 atom stereocenters. The van der Waals surface area contributed by atoms with Crippen LogP contribution in [0.2, 0.25) is 0 Å². The third-order valence-electron chi connectivity index (χ3n) is 2.90. The number of hydrogen-bond acceptors (Lipinski definition) is 4. The van der Waals surface area contributed by atoms with Crippen molar-refractivity contribution in [3.05, 3.63) is 18.1 Å². The Bertz CT molecular complexity index is 453. The van der Waals surface area contributed by atoms with Gasteiger partial charge in [0.05, 0.1) is 12.4 Å². The van der Waals surface area contributed by atoms with Gasteiger partial charge in [-0.15, -0.1) is 0 Å². The summed E-state index contributed by atoms with van der Waals surface area (Å²) >= 11 is 0. The molecule has 1 aromatic rings. The van der Waals surface area contributed by atoms with E-state index < -0.39 is 0 Å². The average Bonchev–Trinajstić information content (AvgIpc) is 3.05. The molecule has 4 heteroatoms. The molecule has 1 saturated heterocycles. The summed E-state index contributed by atoms with van der Waals surface area (Å²) in [6.07, 6.45) is 7.04. The predicted octanol–water partition coefficient (Wildman–Crippen LogP) is 0.979. The van der Waals surface area contributed by atoms with E-state index >= 15 is 0 Å². The van der Waals surface area contributed by atoms with Crippen molar-refractivity contribution in [2.24, 2.45) is 5.92 Å². The lowest BCUT2D eigenvalue weighted by molar-refractivity contribution is 0.213. The third-order valence-corrected chi connectivity index (χ3v) is 2.90. The van der Waals surface area contributed by atoms with E-state index in [9.17, 15) is 0 Å². The SMILES string of the molecule is C(#CC1CC1)c1cncc(OC2CCNC2)n1. The van der Waals surface area contributed by atoms with Crippen LogP contribution in [0, 0.1) is 17.8 Å². The van der Waals surface area contributed by atoms with Gasteiger partial charge in [0, 0.05) is 12.5 Å². The minimum absolute atomic E-state index is 0.218. The zero-order valence-corrected chi connectivity index (χ0v) is 9.65. The summed E-state index contributed by atoms with van der Waals surface area (Å²) in [4.78, 5) is 8.46. The van der Waals surface area contributed by atoms with Crippen LogP contribution in [-0.4, -0.2) is 29.2 Å². The van der Waals surface area contributed by atoms with Crippen molar-refractivity contribution in [1.29, 1.82) is 0 Å². The monoisotopic (exact) mass is 229 g/mol. The molecule has 0 spiro atoms. The molecule has 0 bridgehead atoms. The first kappa shape index (κ1) is 10.5. The van der Waals surface area contributed by atoms with Crippen LogP contribution in [-0.2, 0) is 0 Å². The van der Waals surface area contributed by atoms with Gasteiger partial charge in [-0.25, -0.2) is 4.98 Å². The first-order chi connectivity index (χ1) is 8.40. The Morgan fingerprint density at radius 2 is 2.24 bits per heavy atom. The molecule has 0 amide bonds. The summed E-state index contributed by atoms with van der Waals surface area (Å²) in [5.74, 6) is 7.39. The van der Waals surface area contributed by atoms with Gasteiger partial charge in [-0.2, -0.15) is 0 Å². The van der Waals surface area contributed by atoms with Crippen LogP contribution in [0.4, 0.5) is 0 Å². The van der Waals surface area contributed by atoms with Crippen LogP contribution in [0.5, 0.6) is 5.88 Å². The highest BCUT2D eigenvalue weighted by molar-refractivity contribution is 5.29. The highest BCUT2D eigenvalue weighted by Crippen LogP contribution is 2.27. The maximum Gasteiger partial charge on any atom is 0.233 e. The van der Waals surface area contributed by atoms with Crippen LogP contribution in [0.25, 0.3) is 0 Å². The molecule has 4 nitrogen and oxygen atoms in total. The first-order valence-corrected chi connectivity index (χ1v) is 6.11. The molecule has 2 aliphatic rings. The van der Waals surface area contributed by atoms with Crippen molar-refractivity contribution in [2.45, 2.75) is 25.4 Å². The second kappa shape index (κ2) is 4.72. The number of rotatable bonds is 2.